The fourth-order valence-electron chi connectivity index (χ4n) is 3.72. The number of nitrogens with zero attached hydrogens (tertiary/aromatic N) is 1. The molecule has 0 radical (unpaired) electrons. The van der Waals surface area contributed by atoms with Crippen molar-refractivity contribution in [3.63, 3.8) is 0 Å². The first-order valence-corrected chi connectivity index (χ1v) is 7.37. The second kappa shape index (κ2) is 5.02. The summed E-state index contributed by atoms with van der Waals surface area (Å²) in [5, 5.41) is 3.87. The number of benzene rings is 1. The number of hydrogen-bond donors (Lipinski definition) is 1. The minimum Gasteiger partial charge on any atom is -0.308 e. The maximum atomic E-state index is 3.87. The lowest BCUT2D eigenvalue weighted by molar-refractivity contribution is 0.0854. The topological polar surface area (TPSA) is 15.3 Å². The summed E-state index contributed by atoms with van der Waals surface area (Å²) in [5.41, 5.74) is 1.89. The van der Waals surface area contributed by atoms with Crippen LogP contribution < -0.4 is 5.32 Å². The standard InChI is InChI=1S/C16H24N2/c1-2-18-13-16(10-6-7-11-16)17-12-15(18)14-8-4-3-5-9-14/h3-5,8-9,15,17H,2,6-7,10-13H2,1H3. The van der Waals surface area contributed by atoms with Crippen LogP contribution in [-0.4, -0.2) is 30.1 Å². The third-order valence-electron chi connectivity index (χ3n) is 4.77. The minimum atomic E-state index is 0.432. The second-order valence-corrected chi connectivity index (χ2v) is 5.86. The van der Waals surface area contributed by atoms with Gasteiger partial charge >= 0.3 is 0 Å². The van der Waals surface area contributed by atoms with E-state index in [4.69, 9.17) is 0 Å². The Morgan fingerprint density at radius 3 is 2.61 bits per heavy atom. The van der Waals surface area contributed by atoms with Gasteiger partial charge in [-0.2, -0.15) is 0 Å². The summed E-state index contributed by atoms with van der Waals surface area (Å²) in [6.45, 7) is 5.79. The molecule has 2 heteroatoms. The van der Waals surface area contributed by atoms with Gasteiger partial charge in [-0.05, 0) is 24.9 Å². The molecule has 2 nitrogen and oxygen atoms in total. The molecule has 0 amide bonds. The Kier molecular flexibility index (Phi) is 3.40. The zero-order valence-corrected chi connectivity index (χ0v) is 11.4. The van der Waals surface area contributed by atoms with Crippen molar-refractivity contribution in [3.8, 4) is 0 Å². The maximum Gasteiger partial charge on any atom is 0.0473 e. The second-order valence-electron chi connectivity index (χ2n) is 5.86. The van der Waals surface area contributed by atoms with Crippen LogP contribution in [0.1, 0.15) is 44.2 Å². The quantitative estimate of drug-likeness (QED) is 0.860. The molecule has 1 aromatic rings. The summed E-state index contributed by atoms with van der Waals surface area (Å²) in [7, 11) is 0. The van der Waals surface area contributed by atoms with Gasteiger partial charge in [0.1, 0.15) is 0 Å². The molecule has 1 saturated carbocycles. The van der Waals surface area contributed by atoms with E-state index < -0.39 is 0 Å². The van der Waals surface area contributed by atoms with Crippen LogP contribution in [0.5, 0.6) is 0 Å². The summed E-state index contributed by atoms with van der Waals surface area (Å²) in [6.07, 6.45) is 5.54. The molecule has 2 aliphatic rings. The van der Waals surface area contributed by atoms with E-state index in [1.807, 2.05) is 0 Å². The fraction of sp³-hybridized carbons (Fsp3) is 0.625. The molecule has 1 N–H and O–H groups in total. The first kappa shape index (κ1) is 12.2. The highest BCUT2D eigenvalue weighted by Gasteiger charge is 2.40. The first-order valence-electron chi connectivity index (χ1n) is 7.37. The van der Waals surface area contributed by atoms with Gasteiger partial charge in [0.05, 0.1) is 0 Å². The van der Waals surface area contributed by atoms with Crippen LogP contribution in [-0.2, 0) is 0 Å². The van der Waals surface area contributed by atoms with Gasteiger partial charge in [0.25, 0.3) is 0 Å². The number of hydrogen-bond acceptors (Lipinski definition) is 2. The largest absolute Gasteiger partial charge is 0.308 e. The van der Waals surface area contributed by atoms with Gasteiger partial charge in [-0.1, -0.05) is 50.1 Å². The predicted molar refractivity (Wildman–Crippen MR) is 75.6 cm³/mol. The van der Waals surface area contributed by atoms with Crippen molar-refractivity contribution < 1.29 is 0 Å². The van der Waals surface area contributed by atoms with Gasteiger partial charge in [-0.25, -0.2) is 0 Å². The Morgan fingerprint density at radius 2 is 1.94 bits per heavy atom. The van der Waals surface area contributed by atoms with E-state index >= 15 is 0 Å². The van der Waals surface area contributed by atoms with Crippen LogP contribution in [0.2, 0.25) is 0 Å². The monoisotopic (exact) mass is 244 g/mol. The summed E-state index contributed by atoms with van der Waals surface area (Å²) < 4.78 is 0. The lowest BCUT2D eigenvalue weighted by atomic mass is 9.90. The SMILES string of the molecule is CCN1CC2(CCCC2)NCC1c1ccccc1. The molecule has 3 rings (SSSR count). The van der Waals surface area contributed by atoms with Crippen molar-refractivity contribution >= 4 is 0 Å². The average Bonchev–Trinajstić information content (AvgIpc) is 2.88. The number of rotatable bonds is 2. The fourth-order valence-corrected chi connectivity index (χ4v) is 3.72. The third-order valence-corrected chi connectivity index (χ3v) is 4.77. The van der Waals surface area contributed by atoms with E-state index in [0.29, 0.717) is 11.6 Å². The smallest absolute Gasteiger partial charge is 0.0473 e. The average molecular weight is 244 g/mol. The molecule has 1 aliphatic carbocycles. The highest BCUT2D eigenvalue weighted by Crippen LogP contribution is 2.36. The van der Waals surface area contributed by atoms with Crippen LogP contribution in [0.4, 0.5) is 0 Å². The minimum absolute atomic E-state index is 0.432. The molecule has 1 saturated heterocycles. The van der Waals surface area contributed by atoms with E-state index in [9.17, 15) is 0 Å². The Morgan fingerprint density at radius 1 is 1.22 bits per heavy atom. The lowest BCUT2D eigenvalue weighted by Gasteiger charge is -2.46. The molecule has 1 spiro atoms. The zero-order chi connectivity index (χ0) is 12.4. The van der Waals surface area contributed by atoms with Gasteiger partial charge in [-0.3, -0.25) is 4.90 Å². The Balaban J connectivity index is 1.78. The van der Waals surface area contributed by atoms with E-state index in [1.54, 1.807) is 0 Å². The van der Waals surface area contributed by atoms with Crippen LogP contribution >= 0.6 is 0 Å². The lowest BCUT2D eigenvalue weighted by Crippen LogP contribution is -2.59. The Hall–Kier alpha value is -0.860. The molecule has 98 valence electrons. The molecule has 2 fully saturated rings. The highest BCUT2D eigenvalue weighted by molar-refractivity contribution is 5.21. The van der Waals surface area contributed by atoms with Crippen LogP contribution in [0.25, 0.3) is 0 Å². The number of likely N-dealkylation sites (N-methyl/N-ethyl adjacent to an activating group) is 1. The first-order chi connectivity index (χ1) is 8.83. The summed E-state index contributed by atoms with van der Waals surface area (Å²) in [6, 6.07) is 11.5. The molecule has 1 atom stereocenters. The van der Waals surface area contributed by atoms with Crippen LogP contribution in [0.3, 0.4) is 0 Å². The summed E-state index contributed by atoms with van der Waals surface area (Å²) in [5.74, 6) is 0. The normalized spacial score (nSPS) is 27.7. The van der Waals surface area contributed by atoms with Gasteiger partial charge in [0, 0.05) is 24.7 Å². The molecule has 0 bridgehead atoms. The van der Waals surface area contributed by atoms with Crippen molar-refractivity contribution in [2.24, 2.45) is 0 Å². The highest BCUT2D eigenvalue weighted by atomic mass is 15.3. The molecular formula is C16H24N2. The van der Waals surface area contributed by atoms with Crippen molar-refractivity contribution in [2.75, 3.05) is 19.6 Å². The van der Waals surface area contributed by atoms with E-state index in [1.165, 1.54) is 37.8 Å². The number of piperazine rings is 1. The molecule has 1 heterocycles. The van der Waals surface area contributed by atoms with E-state index in [0.717, 1.165) is 13.1 Å². The molecule has 18 heavy (non-hydrogen) atoms. The molecule has 0 aromatic heterocycles. The molecule has 1 aliphatic heterocycles. The maximum absolute atomic E-state index is 3.87. The van der Waals surface area contributed by atoms with Crippen molar-refractivity contribution in [1.29, 1.82) is 0 Å². The number of nitrogens with one attached hydrogen (secondary N) is 1. The van der Waals surface area contributed by atoms with Gasteiger partial charge < -0.3 is 5.32 Å². The van der Waals surface area contributed by atoms with Gasteiger partial charge in [0.2, 0.25) is 0 Å². The van der Waals surface area contributed by atoms with Gasteiger partial charge in [-0.15, -0.1) is 0 Å². The molecule has 1 aromatic carbocycles. The van der Waals surface area contributed by atoms with Crippen LogP contribution in [0, 0.1) is 0 Å². The summed E-state index contributed by atoms with van der Waals surface area (Å²) >= 11 is 0. The van der Waals surface area contributed by atoms with Gasteiger partial charge in [0.15, 0.2) is 0 Å². The molecular weight excluding hydrogens is 220 g/mol. The van der Waals surface area contributed by atoms with Crippen LogP contribution in [0.15, 0.2) is 30.3 Å². The Bertz CT molecular complexity index is 381. The predicted octanol–water partition coefficient (Wildman–Crippen LogP) is 2.97. The van der Waals surface area contributed by atoms with Crippen molar-refractivity contribution in [2.45, 2.75) is 44.2 Å². The van der Waals surface area contributed by atoms with E-state index in [2.05, 4.69) is 47.5 Å². The Labute approximate surface area is 110 Å². The third kappa shape index (κ3) is 2.19. The summed E-state index contributed by atoms with van der Waals surface area (Å²) in [4.78, 5) is 2.66. The van der Waals surface area contributed by atoms with Crippen molar-refractivity contribution in [3.05, 3.63) is 35.9 Å². The zero-order valence-electron chi connectivity index (χ0n) is 11.4. The molecule has 1 unspecified atom stereocenters. The van der Waals surface area contributed by atoms with E-state index in [-0.39, 0.29) is 0 Å². The van der Waals surface area contributed by atoms with Crippen molar-refractivity contribution in [1.82, 2.24) is 10.2 Å².